The summed E-state index contributed by atoms with van der Waals surface area (Å²) in [5.41, 5.74) is 0.753. The van der Waals surface area contributed by atoms with Crippen molar-refractivity contribution < 1.29 is 9.66 Å². The topological polar surface area (TPSA) is 64.4 Å². The van der Waals surface area contributed by atoms with Crippen molar-refractivity contribution in [2.75, 3.05) is 12.4 Å². The summed E-state index contributed by atoms with van der Waals surface area (Å²) in [5, 5.41) is 13.9. The maximum Gasteiger partial charge on any atom is 0.285 e. The van der Waals surface area contributed by atoms with Gasteiger partial charge >= 0.3 is 0 Å². The SMILES string of the molecule is COC(C)C(C)Nc1ccc(Br)c([N+](=O)[O-])c1. The van der Waals surface area contributed by atoms with Crippen molar-refractivity contribution in [2.45, 2.75) is 26.0 Å². The van der Waals surface area contributed by atoms with Gasteiger partial charge in [0.15, 0.2) is 0 Å². The molecule has 0 aliphatic rings. The zero-order chi connectivity index (χ0) is 13.0. The Kier molecular flexibility index (Phi) is 4.89. The summed E-state index contributed by atoms with van der Waals surface area (Å²) in [7, 11) is 1.63. The Bertz CT molecular complexity index is 412. The van der Waals surface area contributed by atoms with Gasteiger partial charge < -0.3 is 10.1 Å². The Morgan fingerprint density at radius 2 is 2.12 bits per heavy atom. The lowest BCUT2D eigenvalue weighted by Gasteiger charge is -2.20. The number of hydrogen-bond acceptors (Lipinski definition) is 4. The largest absolute Gasteiger partial charge is 0.380 e. The second-order valence-corrected chi connectivity index (χ2v) is 4.65. The van der Waals surface area contributed by atoms with Crippen molar-refractivity contribution in [1.29, 1.82) is 0 Å². The molecular weight excluding hydrogens is 288 g/mol. The molecule has 0 bridgehead atoms. The molecule has 0 aliphatic carbocycles. The van der Waals surface area contributed by atoms with Gasteiger partial charge in [-0.25, -0.2) is 0 Å². The Balaban J connectivity index is 2.86. The van der Waals surface area contributed by atoms with Gasteiger partial charge in [-0.3, -0.25) is 10.1 Å². The third-order valence-corrected chi connectivity index (χ3v) is 3.28. The van der Waals surface area contributed by atoms with Crippen LogP contribution in [0.25, 0.3) is 0 Å². The minimum absolute atomic E-state index is 0.0257. The van der Waals surface area contributed by atoms with Crippen LogP contribution in [0, 0.1) is 10.1 Å². The van der Waals surface area contributed by atoms with Crippen LogP contribution in [0.1, 0.15) is 13.8 Å². The molecule has 1 aromatic carbocycles. The Morgan fingerprint density at radius 1 is 1.47 bits per heavy atom. The summed E-state index contributed by atoms with van der Waals surface area (Å²) in [6, 6.07) is 5.02. The molecule has 0 aliphatic heterocycles. The summed E-state index contributed by atoms with van der Waals surface area (Å²) in [4.78, 5) is 10.4. The lowest BCUT2D eigenvalue weighted by molar-refractivity contribution is -0.385. The lowest BCUT2D eigenvalue weighted by atomic mass is 10.2. The van der Waals surface area contributed by atoms with E-state index in [0.717, 1.165) is 0 Å². The van der Waals surface area contributed by atoms with Gasteiger partial charge in [0, 0.05) is 24.9 Å². The number of methoxy groups -OCH3 is 1. The number of anilines is 1. The van der Waals surface area contributed by atoms with Crippen molar-refractivity contribution in [3.05, 3.63) is 32.8 Å². The van der Waals surface area contributed by atoms with Gasteiger partial charge in [0.25, 0.3) is 5.69 Å². The van der Waals surface area contributed by atoms with Crippen LogP contribution in [-0.4, -0.2) is 24.2 Å². The molecule has 0 heterocycles. The number of nitro groups is 1. The molecule has 5 nitrogen and oxygen atoms in total. The molecule has 1 N–H and O–H groups in total. The fourth-order valence-corrected chi connectivity index (χ4v) is 1.72. The molecule has 0 amide bonds. The number of nitro benzene ring substituents is 1. The zero-order valence-corrected chi connectivity index (χ0v) is 11.5. The molecule has 0 spiro atoms. The van der Waals surface area contributed by atoms with Crippen LogP contribution < -0.4 is 5.32 Å². The number of rotatable bonds is 5. The highest BCUT2D eigenvalue weighted by atomic mass is 79.9. The number of benzene rings is 1. The highest BCUT2D eigenvalue weighted by molar-refractivity contribution is 9.10. The van der Waals surface area contributed by atoms with E-state index in [4.69, 9.17) is 4.74 Å². The molecule has 0 saturated heterocycles. The molecule has 1 rings (SSSR count). The second-order valence-electron chi connectivity index (χ2n) is 3.80. The number of nitrogens with one attached hydrogen (secondary N) is 1. The van der Waals surface area contributed by atoms with Gasteiger partial charge in [-0.1, -0.05) is 0 Å². The van der Waals surface area contributed by atoms with Gasteiger partial charge in [-0.15, -0.1) is 0 Å². The molecule has 1 aromatic rings. The van der Waals surface area contributed by atoms with Crippen LogP contribution in [0.2, 0.25) is 0 Å². The van der Waals surface area contributed by atoms with E-state index in [1.807, 2.05) is 13.8 Å². The van der Waals surface area contributed by atoms with E-state index >= 15 is 0 Å². The van der Waals surface area contributed by atoms with Gasteiger partial charge in [0.2, 0.25) is 0 Å². The van der Waals surface area contributed by atoms with Crippen LogP contribution in [0.3, 0.4) is 0 Å². The van der Waals surface area contributed by atoms with Crippen molar-refractivity contribution >= 4 is 27.3 Å². The zero-order valence-electron chi connectivity index (χ0n) is 9.94. The molecule has 17 heavy (non-hydrogen) atoms. The molecule has 6 heteroatoms. The summed E-state index contributed by atoms with van der Waals surface area (Å²) in [6.45, 7) is 3.90. The van der Waals surface area contributed by atoms with E-state index in [9.17, 15) is 10.1 Å². The third-order valence-electron chi connectivity index (χ3n) is 2.61. The fraction of sp³-hybridized carbons (Fsp3) is 0.455. The Labute approximate surface area is 108 Å². The minimum Gasteiger partial charge on any atom is -0.380 e. The summed E-state index contributed by atoms with van der Waals surface area (Å²) >= 11 is 3.15. The van der Waals surface area contributed by atoms with Gasteiger partial charge in [0.05, 0.1) is 15.5 Å². The van der Waals surface area contributed by atoms with Crippen LogP contribution >= 0.6 is 15.9 Å². The first-order valence-corrected chi connectivity index (χ1v) is 5.98. The van der Waals surface area contributed by atoms with Crippen LogP contribution in [0.15, 0.2) is 22.7 Å². The Morgan fingerprint density at radius 3 is 2.65 bits per heavy atom. The molecule has 0 aromatic heterocycles. The van der Waals surface area contributed by atoms with Gasteiger partial charge in [-0.05, 0) is 41.9 Å². The van der Waals surface area contributed by atoms with E-state index in [-0.39, 0.29) is 17.8 Å². The van der Waals surface area contributed by atoms with Crippen molar-refractivity contribution in [2.24, 2.45) is 0 Å². The predicted molar refractivity (Wildman–Crippen MR) is 70.4 cm³/mol. The molecule has 0 fully saturated rings. The van der Waals surface area contributed by atoms with Gasteiger partial charge in [-0.2, -0.15) is 0 Å². The van der Waals surface area contributed by atoms with Crippen molar-refractivity contribution in [1.82, 2.24) is 0 Å². The van der Waals surface area contributed by atoms with E-state index < -0.39 is 4.92 Å². The summed E-state index contributed by atoms with van der Waals surface area (Å²) < 4.78 is 5.65. The number of hydrogen-bond donors (Lipinski definition) is 1. The van der Waals surface area contributed by atoms with E-state index in [1.165, 1.54) is 6.07 Å². The maximum absolute atomic E-state index is 10.8. The Hall–Kier alpha value is -1.14. The van der Waals surface area contributed by atoms with E-state index in [1.54, 1.807) is 19.2 Å². The van der Waals surface area contributed by atoms with Gasteiger partial charge in [0.1, 0.15) is 0 Å². The standard InChI is InChI=1S/C11H15BrN2O3/c1-7(8(2)17-3)13-9-4-5-10(12)11(6-9)14(15)16/h4-8,13H,1-3H3. The van der Waals surface area contributed by atoms with E-state index in [2.05, 4.69) is 21.2 Å². The van der Waals surface area contributed by atoms with Crippen LogP contribution in [-0.2, 0) is 4.74 Å². The van der Waals surface area contributed by atoms with Crippen LogP contribution in [0.4, 0.5) is 11.4 Å². The van der Waals surface area contributed by atoms with Crippen molar-refractivity contribution in [3.63, 3.8) is 0 Å². The molecule has 0 saturated carbocycles. The average molecular weight is 303 g/mol. The lowest BCUT2D eigenvalue weighted by Crippen LogP contribution is -2.29. The first kappa shape index (κ1) is 13.9. The van der Waals surface area contributed by atoms with Crippen molar-refractivity contribution in [3.8, 4) is 0 Å². The molecule has 94 valence electrons. The first-order chi connectivity index (χ1) is 7.95. The second kappa shape index (κ2) is 5.97. The molecule has 2 unspecified atom stereocenters. The first-order valence-electron chi connectivity index (χ1n) is 5.19. The summed E-state index contributed by atoms with van der Waals surface area (Å²) in [5.74, 6) is 0. The third kappa shape index (κ3) is 3.67. The molecular formula is C11H15BrN2O3. The smallest absolute Gasteiger partial charge is 0.285 e. The number of halogens is 1. The minimum atomic E-state index is -0.417. The maximum atomic E-state index is 10.8. The predicted octanol–water partition coefficient (Wildman–Crippen LogP) is 3.19. The quantitative estimate of drug-likeness (QED) is 0.670. The normalized spacial score (nSPS) is 14.1. The van der Waals surface area contributed by atoms with E-state index in [0.29, 0.717) is 10.2 Å². The highest BCUT2D eigenvalue weighted by Crippen LogP contribution is 2.28. The average Bonchev–Trinajstić information content (AvgIpc) is 2.30. The monoisotopic (exact) mass is 302 g/mol. The number of ether oxygens (including phenoxy) is 1. The van der Waals surface area contributed by atoms with Crippen LogP contribution in [0.5, 0.6) is 0 Å². The highest BCUT2D eigenvalue weighted by Gasteiger charge is 2.15. The molecule has 2 atom stereocenters. The number of nitrogens with zero attached hydrogens (tertiary/aromatic N) is 1. The molecule has 0 radical (unpaired) electrons. The fourth-order valence-electron chi connectivity index (χ4n) is 1.33. The summed E-state index contributed by atoms with van der Waals surface area (Å²) in [6.07, 6.45) is 0.0257.